The predicted molar refractivity (Wildman–Crippen MR) is 77.8 cm³/mol. The molecule has 2 nitrogen and oxygen atoms in total. The molecular weight excluding hydrogens is 232 g/mol. The fourth-order valence-electron chi connectivity index (χ4n) is 3.11. The van der Waals surface area contributed by atoms with Crippen LogP contribution >= 0.6 is 0 Å². The van der Waals surface area contributed by atoms with Gasteiger partial charge in [0.1, 0.15) is 0 Å². The Morgan fingerprint density at radius 2 is 1.84 bits per heavy atom. The number of nitrogens with zero attached hydrogens (tertiary/aromatic N) is 1. The molecule has 2 heteroatoms. The van der Waals surface area contributed by atoms with Gasteiger partial charge in [-0.15, -0.1) is 0 Å². The van der Waals surface area contributed by atoms with Crippen LogP contribution in [0, 0.1) is 11.8 Å². The number of rotatable bonds is 5. The molecule has 2 aromatic rings. The lowest BCUT2D eigenvalue weighted by Gasteiger charge is -2.17. The van der Waals surface area contributed by atoms with E-state index in [0.29, 0.717) is 0 Å². The molecule has 0 aliphatic heterocycles. The Hall–Kier alpha value is -1.41. The van der Waals surface area contributed by atoms with E-state index in [4.69, 9.17) is 0 Å². The van der Waals surface area contributed by atoms with E-state index >= 15 is 0 Å². The molecule has 0 radical (unpaired) electrons. The van der Waals surface area contributed by atoms with Crippen LogP contribution < -0.4 is 5.32 Å². The lowest BCUT2D eigenvalue weighted by atomic mass is 10.1. The summed E-state index contributed by atoms with van der Waals surface area (Å²) in [5, 5.41) is 6.33. The first kappa shape index (κ1) is 11.4. The third kappa shape index (κ3) is 2.50. The fraction of sp³-hybridized carbons (Fsp3) is 0.471. The molecule has 1 aromatic heterocycles. The summed E-state index contributed by atoms with van der Waals surface area (Å²) in [4.78, 5) is 4.16. The number of benzene rings is 1. The van der Waals surface area contributed by atoms with Crippen molar-refractivity contribution in [2.45, 2.75) is 38.3 Å². The zero-order chi connectivity index (χ0) is 12.7. The average Bonchev–Trinajstić information content (AvgIpc) is 3.32. The second-order valence-electron chi connectivity index (χ2n) is 6.14. The molecule has 0 amide bonds. The normalized spacial score (nSPS) is 19.2. The molecule has 1 heterocycles. The molecule has 0 bridgehead atoms. The minimum atomic E-state index is 0.785. The molecule has 98 valence electrons. The third-order valence-electron chi connectivity index (χ3n) is 4.51. The van der Waals surface area contributed by atoms with Gasteiger partial charge < -0.3 is 5.32 Å². The van der Waals surface area contributed by atoms with Crippen LogP contribution in [0.4, 0.5) is 0 Å². The molecule has 0 spiro atoms. The summed E-state index contributed by atoms with van der Waals surface area (Å²) in [6, 6.07) is 9.59. The lowest BCUT2D eigenvalue weighted by molar-refractivity contribution is 0.416. The molecule has 1 aromatic carbocycles. The van der Waals surface area contributed by atoms with Gasteiger partial charge >= 0.3 is 0 Å². The van der Waals surface area contributed by atoms with Crippen molar-refractivity contribution in [1.82, 2.24) is 10.3 Å². The number of pyridine rings is 1. The van der Waals surface area contributed by atoms with Crippen LogP contribution in [0.15, 0.2) is 36.7 Å². The van der Waals surface area contributed by atoms with Gasteiger partial charge in [0.15, 0.2) is 0 Å². The maximum absolute atomic E-state index is 4.16. The summed E-state index contributed by atoms with van der Waals surface area (Å²) in [6.45, 7) is 1.01. The van der Waals surface area contributed by atoms with Gasteiger partial charge in [-0.25, -0.2) is 0 Å². The zero-order valence-electron chi connectivity index (χ0n) is 11.2. The van der Waals surface area contributed by atoms with Crippen LogP contribution in [0.1, 0.15) is 31.2 Å². The van der Waals surface area contributed by atoms with E-state index < -0.39 is 0 Å². The highest BCUT2D eigenvalue weighted by Gasteiger charge is 2.40. The zero-order valence-corrected chi connectivity index (χ0v) is 11.2. The molecule has 2 aliphatic carbocycles. The van der Waals surface area contributed by atoms with E-state index in [1.807, 2.05) is 12.4 Å². The van der Waals surface area contributed by atoms with Gasteiger partial charge in [0.2, 0.25) is 0 Å². The smallest absolute Gasteiger partial charge is 0.0346 e. The van der Waals surface area contributed by atoms with Crippen molar-refractivity contribution < 1.29 is 0 Å². The Morgan fingerprint density at radius 1 is 1.05 bits per heavy atom. The van der Waals surface area contributed by atoms with Crippen molar-refractivity contribution in [3.63, 3.8) is 0 Å². The van der Waals surface area contributed by atoms with Crippen molar-refractivity contribution in [2.24, 2.45) is 11.8 Å². The van der Waals surface area contributed by atoms with E-state index in [2.05, 4.69) is 34.6 Å². The summed E-state index contributed by atoms with van der Waals surface area (Å²) in [6.07, 6.45) is 9.57. The van der Waals surface area contributed by atoms with Crippen molar-refractivity contribution in [3.05, 3.63) is 42.2 Å². The highest BCUT2D eigenvalue weighted by Crippen LogP contribution is 2.44. The van der Waals surface area contributed by atoms with Crippen LogP contribution in [0.3, 0.4) is 0 Å². The van der Waals surface area contributed by atoms with Crippen molar-refractivity contribution in [3.8, 4) is 0 Å². The molecule has 0 saturated heterocycles. The van der Waals surface area contributed by atoms with E-state index in [-0.39, 0.29) is 0 Å². The fourth-order valence-corrected chi connectivity index (χ4v) is 3.11. The highest BCUT2D eigenvalue weighted by molar-refractivity contribution is 5.81. The summed E-state index contributed by atoms with van der Waals surface area (Å²) in [5.74, 6) is 1.94. The quantitative estimate of drug-likeness (QED) is 0.880. The first-order valence-corrected chi connectivity index (χ1v) is 7.46. The molecule has 2 fully saturated rings. The second kappa shape index (κ2) is 4.61. The average molecular weight is 252 g/mol. The molecular formula is C17H20N2. The van der Waals surface area contributed by atoms with Crippen LogP contribution in [-0.2, 0) is 6.54 Å². The van der Waals surface area contributed by atoms with Gasteiger partial charge in [-0.05, 0) is 60.6 Å². The number of hydrogen-bond donors (Lipinski definition) is 1. The van der Waals surface area contributed by atoms with Crippen molar-refractivity contribution >= 4 is 10.8 Å². The maximum Gasteiger partial charge on any atom is 0.0346 e. The van der Waals surface area contributed by atoms with Crippen LogP contribution in [0.25, 0.3) is 10.8 Å². The molecule has 0 atom stereocenters. The van der Waals surface area contributed by atoms with Crippen LogP contribution in [0.2, 0.25) is 0 Å². The van der Waals surface area contributed by atoms with Crippen molar-refractivity contribution in [1.29, 1.82) is 0 Å². The standard InChI is InChI=1S/C17H20N2/c1-2-16-11-18-8-7-15(16)9-12(1)10-19-17(13-3-4-13)14-5-6-14/h1-2,7-9,11,13-14,17,19H,3-6,10H2. The molecule has 4 rings (SSSR count). The molecule has 19 heavy (non-hydrogen) atoms. The first-order chi connectivity index (χ1) is 9.40. The Morgan fingerprint density at radius 3 is 2.58 bits per heavy atom. The summed E-state index contributed by atoms with van der Waals surface area (Å²) >= 11 is 0. The summed E-state index contributed by atoms with van der Waals surface area (Å²) in [7, 11) is 0. The third-order valence-corrected chi connectivity index (χ3v) is 4.51. The topological polar surface area (TPSA) is 24.9 Å². The molecule has 2 saturated carbocycles. The van der Waals surface area contributed by atoms with Crippen LogP contribution in [0.5, 0.6) is 0 Å². The SMILES string of the molecule is c1cc2cc(CNC(C3CC3)C3CC3)ccc2cn1. The van der Waals surface area contributed by atoms with Gasteiger partial charge in [0.25, 0.3) is 0 Å². The van der Waals surface area contributed by atoms with Gasteiger partial charge in [0.05, 0.1) is 0 Å². The monoisotopic (exact) mass is 252 g/mol. The maximum atomic E-state index is 4.16. The highest BCUT2D eigenvalue weighted by atomic mass is 14.9. The number of nitrogens with one attached hydrogen (secondary N) is 1. The minimum absolute atomic E-state index is 0.785. The summed E-state index contributed by atoms with van der Waals surface area (Å²) in [5.41, 5.74) is 1.39. The van der Waals surface area contributed by atoms with E-state index in [9.17, 15) is 0 Å². The Labute approximate surface area is 114 Å². The van der Waals surface area contributed by atoms with Gasteiger partial charge in [-0.1, -0.05) is 12.1 Å². The van der Waals surface area contributed by atoms with Crippen LogP contribution in [-0.4, -0.2) is 11.0 Å². The molecule has 2 aliphatic rings. The van der Waals surface area contributed by atoms with E-state index in [1.54, 1.807) is 0 Å². The minimum Gasteiger partial charge on any atom is -0.309 e. The van der Waals surface area contributed by atoms with E-state index in [0.717, 1.165) is 24.4 Å². The number of fused-ring (bicyclic) bond motifs is 1. The molecule has 1 N–H and O–H groups in total. The van der Waals surface area contributed by atoms with Gasteiger partial charge in [0, 0.05) is 30.4 Å². The largest absolute Gasteiger partial charge is 0.309 e. The Kier molecular flexibility index (Phi) is 2.77. The van der Waals surface area contributed by atoms with Gasteiger partial charge in [-0.2, -0.15) is 0 Å². The first-order valence-electron chi connectivity index (χ1n) is 7.46. The number of aromatic nitrogens is 1. The molecule has 0 unspecified atom stereocenters. The van der Waals surface area contributed by atoms with Gasteiger partial charge in [-0.3, -0.25) is 4.98 Å². The second-order valence-corrected chi connectivity index (χ2v) is 6.14. The Balaban J connectivity index is 1.48. The Bertz CT molecular complexity index is 573. The summed E-state index contributed by atoms with van der Waals surface area (Å²) < 4.78 is 0. The number of hydrogen-bond acceptors (Lipinski definition) is 2. The predicted octanol–water partition coefficient (Wildman–Crippen LogP) is 3.51. The van der Waals surface area contributed by atoms with Crippen molar-refractivity contribution in [2.75, 3.05) is 0 Å². The lowest BCUT2D eigenvalue weighted by Crippen LogP contribution is -2.32. The van der Waals surface area contributed by atoms with E-state index in [1.165, 1.54) is 42.0 Å².